The van der Waals surface area contributed by atoms with E-state index < -0.39 is 10.0 Å². The standard InChI is InChI=1S/C20H26N2O4S2/c1-15-8-9-18(26-3)17(12-15)13-21(2)20(23)16-6-4-10-22(14-16)28(24,25)19-7-5-11-27-19/h5,7-9,11-12,16H,4,6,10,13-14H2,1-3H3/t16-/m0/s1. The van der Waals surface area contributed by atoms with Crippen LogP contribution < -0.4 is 4.74 Å². The van der Waals surface area contributed by atoms with Gasteiger partial charge in [0.25, 0.3) is 10.0 Å². The summed E-state index contributed by atoms with van der Waals surface area (Å²) in [4.78, 5) is 14.7. The quantitative estimate of drug-likeness (QED) is 0.717. The van der Waals surface area contributed by atoms with Crippen LogP contribution in [0.1, 0.15) is 24.0 Å². The highest BCUT2D eigenvalue weighted by Gasteiger charge is 2.34. The molecule has 1 atom stereocenters. The van der Waals surface area contributed by atoms with Gasteiger partial charge in [0, 0.05) is 32.2 Å². The normalized spacial score (nSPS) is 18.0. The third-order valence-corrected chi connectivity index (χ3v) is 8.28. The van der Waals surface area contributed by atoms with Gasteiger partial charge in [0.05, 0.1) is 13.0 Å². The van der Waals surface area contributed by atoms with Crippen LogP contribution in [0.2, 0.25) is 0 Å². The van der Waals surface area contributed by atoms with Gasteiger partial charge in [-0.15, -0.1) is 11.3 Å². The number of amides is 1. The Morgan fingerprint density at radius 3 is 2.82 bits per heavy atom. The average molecular weight is 423 g/mol. The third-order valence-electron chi connectivity index (χ3n) is 5.04. The third kappa shape index (κ3) is 4.39. The Labute approximate surface area is 170 Å². The second-order valence-corrected chi connectivity index (χ2v) is 10.3. The molecule has 0 saturated carbocycles. The second kappa shape index (κ2) is 8.63. The molecule has 3 rings (SSSR count). The molecule has 0 aliphatic carbocycles. The summed E-state index contributed by atoms with van der Waals surface area (Å²) >= 11 is 1.21. The molecular weight excluding hydrogens is 396 g/mol. The molecule has 1 aromatic carbocycles. The second-order valence-electron chi connectivity index (χ2n) is 7.14. The lowest BCUT2D eigenvalue weighted by molar-refractivity contribution is -0.135. The van der Waals surface area contributed by atoms with Crippen molar-refractivity contribution in [1.29, 1.82) is 0 Å². The number of ether oxygens (including phenoxy) is 1. The molecule has 1 aromatic heterocycles. The molecule has 1 fully saturated rings. The minimum atomic E-state index is -3.52. The number of carbonyl (C=O) groups excluding carboxylic acids is 1. The molecule has 6 nitrogen and oxygen atoms in total. The van der Waals surface area contributed by atoms with E-state index in [2.05, 4.69) is 0 Å². The van der Waals surface area contributed by atoms with E-state index in [9.17, 15) is 13.2 Å². The molecule has 152 valence electrons. The summed E-state index contributed by atoms with van der Waals surface area (Å²) in [5, 5.41) is 1.75. The molecule has 0 bridgehead atoms. The summed E-state index contributed by atoms with van der Waals surface area (Å²) in [7, 11) is -0.149. The SMILES string of the molecule is COc1ccc(C)cc1CN(C)C(=O)[C@H]1CCCN(S(=O)(=O)c2cccs2)C1. The summed E-state index contributed by atoms with van der Waals surface area (Å²) in [6.07, 6.45) is 1.38. The monoisotopic (exact) mass is 422 g/mol. The van der Waals surface area contributed by atoms with Crippen LogP contribution in [-0.2, 0) is 21.4 Å². The number of thiophene rings is 1. The van der Waals surface area contributed by atoms with Gasteiger partial charge in [-0.05, 0) is 37.3 Å². The molecule has 0 unspecified atom stereocenters. The van der Waals surface area contributed by atoms with E-state index in [4.69, 9.17) is 4.74 Å². The number of sulfonamides is 1. The van der Waals surface area contributed by atoms with Gasteiger partial charge in [0.1, 0.15) is 9.96 Å². The van der Waals surface area contributed by atoms with E-state index in [1.54, 1.807) is 36.6 Å². The lowest BCUT2D eigenvalue weighted by Crippen LogP contribution is -2.45. The molecule has 2 aromatic rings. The van der Waals surface area contributed by atoms with Crippen molar-refractivity contribution in [1.82, 2.24) is 9.21 Å². The number of methoxy groups -OCH3 is 1. The molecule has 8 heteroatoms. The molecule has 28 heavy (non-hydrogen) atoms. The Bertz CT molecular complexity index is 926. The van der Waals surface area contributed by atoms with Crippen LogP contribution >= 0.6 is 11.3 Å². The first-order valence-corrected chi connectivity index (χ1v) is 11.6. The van der Waals surface area contributed by atoms with Crippen LogP contribution in [0.3, 0.4) is 0 Å². The Kier molecular flexibility index (Phi) is 6.42. The first-order chi connectivity index (χ1) is 13.3. The van der Waals surface area contributed by atoms with Gasteiger partial charge in [-0.3, -0.25) is 4.79 Å². The van der Waals surface area contributed by atoms with Gasteiger partial charge in [-0.2, -0.15) is 4.31 Å². The maximum absolute atomic E-state index is 13.0. The fraction of sp³-hybridized carbons (Fsp3) is 0.450. The zero-order valence-corrected chi connectivity index (χ0v) is 18.1. The molecule has 0 N–H and O–H groups in total. The number of aryl methyl sites for hydroxylation is 1. The van der Waals surface area contributed by atoms with E-state index in [0.29, 0.717) is 30.1 Å². The highest BCUT2D eigenvalue weighted by molar-refractivity contribution is 7.91. The minimum absolute atomic E-state index is 0.0327. The van der Waals surface area contributed by atoms with Crippen LogP contribution in [0, 0.1) is 12.8 Å². The Hall–Kier alpha value is -1.90. The number of hydrogen-bond donors (Lipinski definition) is 0. The molecule has 1 amide bonds. The molecular formula is C20H26N2O4S2. The van der Waals surface area contributed by atoms with Crippen LogP contribution in [0.25, 0.3) is 0 Å². The van der Waals surface area contributed by atoms with Crippen molar-refractivity contribution in [2.45, 2.75) is 30.5 Å². The van der Waals surface area contributed by atoms with Gasteiger partial charge in [0.2, 0.25) is 5.91 Å². The van der Waals surface area contributed by atoms with Crippen molar-refractivity contribution in [3.05, 3.63) is 46.8 Å². The number of benzene rings is 1. The zero-order chi connectivity index (χ0) is 20.3. The highest BCUT2D eigenvalue weighted by Crippen LogP contribution is 2.28. The predicted molar refractivity (Wildman–Crippen MR) is 110 cm³/mol. The van der Waals surface area contributed by atoms with Gasteiger partial charge < -0.3 is 9.64 Å². The number of piperidine rings is 1. The molecule has 1 aliphatic rings. The van der Waals surface area contributed by atoms with Crippen molar-refractivity contribution in [2.24, 2.45) is 5.92 Å². The molecule has 1 aliphatic heterocycles. The van der Waals surface area contributed by atoms with Crippen molar-refractivity contribution < 1.29 is 17.9 Å². The minimum Gasteiger partial charge on any atom is -0.496 e. The fourth-order valence-corrected chi connectivity index (χ4v) is 6.24. The summed E-state index contributed by atoms with van der Waals surface area (Å²) in [5.74, 6) is 0.384. The predicted octanol–water partition coefficient (Wildman–Crippen LogP) is 3.12. The summed E-state index contributed by atoms with van der Waals surface area (Å²) in [6, 6.07) is 9.23. The van der Waals surface area contributed by atoms with E-state index in [0.717, 1.165) is 16.9 Å². The van der Waals surface area contributed by atoms with Crippen molar-refractivity contribution in [2.75, 3.05) is 27.2 Å². The Morgan fingerprint density at radius 2 is 2.14 bits per heavy atom. The maximum atomic E-state index is 13.0. The van der Waals surface area contributed by atoms with E-state index in [-0.39, 0.29) is 18.4 Å². The maximum Gasteiger partial charge on any atom is 0.252 e. The number of rotatable bonds is 6. The number of carbonyl (C=O) groups is 1. The van der Waals surface area contributed by atoms with E-state index in [1.165, 1.54) is 15.6 Å². The van der Waals surface area contributed by atoms with Gasteiger partial charge in [-0.25, -0.2) is 8.42 Å². The first kappa shape index (κ1) is 20.8. The van der Waals surface area contributed by atoms with Crippen LogP contribution in [-0.4, -0.2) is 50.8 Å². The lowest BCUT2D eigenvalue weighted by Gasteiger charge is -2.33. The van der Waals surface area contributed by atoms with E-state index in [1.807, 2.05) is 25.1 Å². The largest absolute Gasteiger partial charge is 0.496 e. The molecule has 2 heterocycles. The number of hydrogen-bond acceptors (Lipinski definition) is 5. The van der Waals surface area contributed by atoms with Crippen molar-refractivity contribution >= 4 is 27.3 Å². The topological polar surface area (TPSA) is 66.9 Å². The first-order valence-electron chi connectivity index (χ1n) is 9.25. The average Bonchev–Trinajstić information content (AvgIpc) is 3.23. The molecule has 0 radical (unpaired) electrons. The van der Waals surface area contributed by atoms with Crippen molar-refractivity contribution in [3.63, 3.8) is 0 Å². The fourth-order valence-electron chi connectivity index (χ4n) is 3.58. The lowest BCUT2D eigenvalue weighted by atomic mass is 9.98. The van der Waals surface area contributed by atoms with Gasteiger partial charge >= 0.3 is 0 Å². The highest BCUT2D eigenvalue weighted by atomic mass is 32.2. The Balaban J connectivity index is 1.71. The van der Waals surface area contributed by atoms with Crippen LogP contribution in [0.5, 0.6) is 5.75 Å². The molecule has 0 spiro atoms. The van der Waals surface area contributed by atoms with E-state index >= 15 is 0 Å². The van der Waals surface area contributed by atoms with Crippen molar-refractivity contribution in [3.8, 4) is 5.75 Å². The summed E-state index contributed by atoms with van der Waals surface area (Å²) in [5.41, 5.74) is 2.04. The Morgan fingerprint density at radius 1 is 1.36 bits per heavy atom. The number of nitrogens with zero attached hydrogens (tertiary/aromatic N) is 2. The summed E-state index contributed by atoms with van der Waals surface area (Å²) in [6.45, 7) is 3.12. The van der Waals surface area contributed by atoms with Gasteiger partial charge in [-0.1, -0.05) is 23.8 Å². The van der Waals surface area contributed by atoms with Crippen LogP contribution in [0.4, 0.5) is 0 Å². The zero-order valence-electron chi connectivity index (χ0n) is 16.4. The summed E-state index contributed by atoms with van der Waals surface area (Å²) < 4.78 is 32.8. The smallest absolute Gasteiger partial charge is 0.252 e. The molecule has 1 saturated heterocycles. The van der Waals surface area contributed by atoms with Crippen LogP contribution in [0.15, 0.2) is 39.9 Å². The van der Waals surface area contributed by atoms with Gasteiger partial charge in [0.15, 0.2) is 0 Å².